The predicted octanol–water partition coefficient (Wildman–Crippen LogP) is 0.0156. The minimum absolute atomic E-state index is 0.364. The Bertz CT molecular complexity index is 351. The average molecular weight is 238 g/mol. The molecule has 94 valence electrons. The van der Waals surface area contributed by atoms with Crippen LogP contribution in [-0.4, -0.2) is 43.0 Å². The van der Waals surface area contributed by atoms with E-state index in [0.717, 1.165) is 13.0 Å². The van der Waals surface area contributed by atoms with Crippen LogP contribution in [0.1, 0.15) is 16.8 Å². The number of ether oxygens (including phenoxy) is 1. The van der Waals surface area contributed by atoms with Gasteiger partial charge in [0, 0.05) is 18.8 Å². The van der Waals surface area contributed by atoms with Crippen molar-refractivity contribution in [3.63, 3.8) is 0 Å². The molecule has 0 saturated heterocycles. The number of nitrogens with zero attached hydrogens (tertiary/aromatic N) is 2. The van der Waals surface area contributed by atoms with E-state index < -0.39 is 0 Å². The molecule has 1 amide bonds. The van der Waals surface area contributed by atoms with E-state index in [1.54, 1.807) is 12.1 Å². The number of hydrogen-bond donors (Lipinski definition) is 2. The highest BCUT2D eigenvalue weighted by Gasteiger charge is 2.03. The van der Waals surface area contributed by atoms with E-state index in [-0.39, 0.29) is 5.91 Å². The van der Waals surface area contributed by atoms with Crippen LogP contribution in [0.25, 0.3) is 0 Å². The van der Waals surface area contributed by atoms with Gasteiger partial charge in [-0.15, -0.1) is 0 Å². The minimum atomic E-state index is -0.364. The highest BCUT2D eigenvalue weighted by molar-refractivity contribution is 5.93. The van der Waals surface area contributed by atoms with E-state index in [9.17, 15) is 4.79 Å². The molecule has 17 heavy (non-hydrogen) atoms. The molecule has 0 atom stereocenters. The number of carbonyl (C=O) groups excluding carboxylic acids is 1. The van der Waals surface area contributed by atoms with Gasteiger partial charge in [-0.25, -0.2) is 10.8 Å². The van der Waals surface area contributed by atoms with E-state index in [1.807, 2.05) is 19.5 Å². The molecule has 0 aliphatic carbocycles. The first kappa shape index (κ1) is 13.4. The number of hydrazine groups is 1. The fourth-order valence-electron chi connectivity index (χ4n) is 1.24. The van der Waals surface area contributed by atoms with E-state index in [0.29, 0.717) is 18.1 Å². The predicted molar refractivity (Wildman–Crippen MR) is 64.6 cm³/mol. The molecule has 1 aromatic heterocycles. The van der Waals surface area contributed by atoms with Crippen LogP contribution in [0.3, 0.4) is 0 Å². The normalized spacial score (nSPS) is 10.4. The quantitative estimate of drug-likeness (QED) is 0.316. The maximum atomic E-state index is 11.1. The number of nitrogens with two attached hydrogens (primary N) is 1. The van der Waals surface area contributed by atoms with Crippen molar-refractivity contribution in [2.75, 3.05) is 27.2 Å². The molecule has 0 aliphatic rings. The van der Waals surface area contributed by atoms with Crippen LogP contribution in [0.2, 0.25) is 0 Å². The Hall–Kier alpha value is -1.66. The molecule has 1 aromatic rings. The first-order valence-corrected chi connectivity index (χ1v) is 5.38. The number of hydrogen-bond acceptors (Lipinski definition) is 5. The molecule has 6 nitrogen and oxygen atoms in total. The molecular weight excluding hydrogens is 220 g/mol. The third-order valence-corrected chi connectivity index (χ3v) is 2.13. The van der Waals surface area contributed by atoms with Gasteiger partial charge in [0.05, 0.1) is 12.2 Å². The second kappa shape index (κ2) is 6.82. The summed E-state index contributed by atoms with van der Waals surface area (Å²) in [7, 11) is 4.02. The van der Waals surface area contributed by atoms with Crippen molar-refractivity contribution in [3.8, 4) is 5.88 Å². The highest BCUT2D eigenvalue weighted by atomic mass is 16.5. The lowest BCUT2D eigenvalue weighted by Crippen LogP contribution is -2.30. The van der Waals surface area contributed by atoms with Crippen molar-refractivity contribution in [1.82, 2.24) is 15.3 Å². The lowest BCUT2D eigenvalue weighted by atomic mass is 10.3. The van der Waals surface area contributed by atoms with E-state index in [1.165, 1.54) is 6.20 Å². The summed E-state index contributed by atoms with van der Waals surface area (Å²) in [5, 5.41) is 0. The Balaban J connectivity index is 2.38. The van der Waals surface area contributed by atoms with Crippen LogP contribution < -0.4 is 16.0 Å². The van der Waals surface area contributed by atoms with Gasteiger partial charge >= 0.3 is 0 Å². The largest absolute Gasteiger partial charge is 0.478 e. The van der Waals surface area contributed by atoms with Crippen LogP contribution in [-0.2, 0) is 0 Å². The molecule has 0 saturated carbocycles. The number of nitrogen functional groups attached to an aromatic ring is 1. The molecule has 0 aliphatic heterocycles. The SMILES string of the molecule is CN(C)CCCOc1ccc(C(=O)NN)cn1. The summed E-state index contributed by atoms with van der Waals surface area (Å²) < 4.78 is 5.42. The highest BCUT2D eigenvalue weighted by Crippen LogP contribution is 2.07. The van der Waals surface area contributed by atoms with Gasteiger partial charge in [-0.3, -0.25) is 10.2 Å². The van der Waals surface area contributed by atoms with Crippen molar-refractivity contribution in [3.05, 3.63) is 23.9 Å². The number of pyridine rings is 1. The van der Waals surface area contributed by atoms with Crippen molar-refractivity contribution < 1.29 is 9.53 Å². The number of amides is 1. The summed E-state index contributed by atoms with van der Waals surface area (Å²) in [5.41, 5.74) is 2.45. The Morgan fingerprint density at radius 2 is 2.29 bits per heavy atom. The minimum Gasteiger partial charge on any atom is -0.478 e. The van der Waals surface area contributed by atoms with Crippen molar-refractivity contribution in [2.45, 2.75) is 6.42 Å². The second-order valence-corrected chi connectivity index (χ2v) is 3.86. The molecular formula is C11H18N4O2. The standard InChI is InChI=1S/C11H18N4O2/c1-15(2)6-3-7-17-10-5-4-9(8-13-10)11(16)14-12/h4-5,8H,3,6-7,12H2,1-2H3,(H,14,16). The lowest BCUT2D eigenvalue weighted by molar-refractivity contribution is 0.0953. The Kier molecular flexibility index (Phi) is 5.38. The molecule has 0 spiro atoms. The Morgan fingerprint density at radius 1 is 1.53 bits per heavy atom. The fourth-order valence-corrected chi connectivity index (χ4v) is 1.24. The monoisotopic (exact) mass is 238 g/mol. The molecule has 1 heterocycles. The van der Waals surface area contributed by atoms with Crippen LogP contribution in [0.4, 0.5) is 0 Å². The van der Waals surface area contributed by atoms with Gasteiger partial charge in [0.25, 0.3) is 5.91 Å². The molecule has 3 N–H and O–H groups in total. The Labute approximate surface area is 101 Å². The zero-order chi connectivity index (χ0) is 12.7. The number of aromatic nitrogens is 1. The van der Waals surface area contributed by atoms with Gasteiger partial charge in [0.15, 0.2) is 0 Å². The summed E-state index contributed by atoms with van der Waals surface area (Å²) >= 11 is 0. The summed E-state index contributed by atoms with van der Waals surface area (Å²) in [6.45, 7) is 1.57. The smallest absolute Gasteiger partial charge is 0.266 e. The van der Waals surface area contributed by atoms with Gasteiger partial charge in [-0.1, -0.05) is 0 Å². The fraction of sp³-hybridized carbons (Fsp3) is 0.455. The summed E-state index contributed by atoms with van der Waals surface area (Å²) in [4.78, 5) is 17.2. The van der Waals surface area contributed by atoms with Crippen molar-refractivity contribution >= 4 is 5.91 Å². The summed E-state index contributed by atoms with van der Waals surface area (Å²) in [6.07, 6.45) is 2.36. The second-order valence-electron chi connectivity index (χ2n) is 3.86. The molecule has 1 rings (SSSR count). The molecule has 0 unspecified atom stereocenters. The number of carbonyl (C=O) groups is 1. The van der Waals surface area contributed by atoms with Crippen LogP contribution >= 0.6 is 0 Å². The molecule has 0 bridgehead atoms. The van der Waals surface area contributed by atoms with E-state index in [4.69, 9.17) is 10.6 Å². The summed E-state index contributed by atoms with van der Waals surface area (Å²) in [5.74, 6) is 5.15. The van der Waals surface area contributed by atoms with Gasteiger partial charge in [0.2, 0.25) is 5.88 Å². The topological polar surface area (TPSA) is 80.5 Å². The van der Waals surface area contributed by atoms with Crippen LogP contribution in [0.15, 0.2) is 18.3 Å². The molecule has 6 heteroatoms. The van der Waals surface area contributed by atoms with Gasteiger partial charge in [-0.05, 0) is 26.6 Å². The van der Waals surface area contributed by atoms with Crippen molar-refractivity contribution in [1.29, 1.82) is 0 Å². The first-order chi connectivity index (χ1) is 8.13. The third-order valence-electron chi connectivity index (χ3n) is 2.13. The average Bonchev–Trinajstić information content (AvgIpc) is 2.34. The zero-order valence-corrected chi connectivity index (χ0v) is 10.1. The number of rotatable bonds is 6. The maximum Gasteiger partial charge on any atom is 0.266 e. The first-order valence-electron chi connectivity index (χ1n) is 5.38. The van der Waals surface area contributed by atoms with Crippen molar-refractivity contribution in [2.24, 2.45) is 5.84 Å². The van der Waals surface area contributed by atoms with E-state index >= 15 is 0 Å². The molecule has 0 radical (unpaired) electrons. The third kappa shape index (κ3) is 4.80. The van der Waals surface area contributed by atoms with Crippen LogP contribution in [0.5, 0.6) is 5.88 Å². The molecule has 0 fully saturated rings. The Morgan fingerprint density at radius 3 is 2.82 bits per heavy atom. The number of nitrogens with one attached hydrogen (secondary N) is 1. The van der Waals surface area contributed by atoms with Gasteiger partial charge in [0.1, 0.15) is 0 Å². The zero-order valence-electron chi connectivity index (χ0n) is 10.1. The molecule has 0 aromatic carbocycles. The lowest BCUT2D eigenvalue weighted by Gasteiger charge is -2.09. The van der Waals surface area contributed by atoms with Gasteiger partial charge < -0.3 is 9.64 Å². The summed E-state index contributed by atoms with van der Waals surface area (Å²) in [6, 6.07) is 3.27. The van der Waals surface area contributed by atoms with E-state index in [2.05, 4.69) is 9.88 Å². The van der Waals surface area contributed by atoms with Crippen LogP contribution in [0, 0.1) is 0 Å². The maximum absolute atomic E-state index is 11.1. The van der Waals surface area contributed by atoms with Gasteiger partial charge in [-0.2, -0.15) is 0 Å².